The van der Waals surface area contributed by atoms with Crippen molar-refractivity contribution in [3.8, 4) is 5.75 Å². The van der Waals surface area contributed by atoms with Crippen LogP contribution >= 0.6 is 23.1 Å². The van der Waals surface area contributed by atoms with E-state index in [0.717, 1.165) is 16.2 Å². The van der Waals surface area contributed by atoms with Gasteiger partial charge in [0.15, 0.2) is 10.8 Å². The summed E-state index contributed by atoms with van der Waals surface area (Å²) in [4.78, 5) is 56.3. The number of anilines is 1. The van der Waals surface area contributed by atoms with Crippen LogP contribution in [-0.4, -0.2) is 75.1 Å². The van der Waals surface area contributed by atoms with Gasteiger partial charge in [0.05, 0.1) is 5.41 Å². The standard InChI is InChI=1S/C25H26FN5O8S2/c1-25(2,3)23(35)39-11-38-22(34)18-12(8-37-14-6-4-5-13(26)7-14)9-40-21-17(20(33)31(18)21)29-19(32)16(30-36)15-10-41-24(27)28-15/h4-7,10,17,21,36H,8-9,11H2,1-3H3,(H2,27,28)(H,29,32)/t17?,21-/m0/s1. The first kappa shape index (κ1) is 29.8. The Hall–Kier alpha value is -4.18. The van der Waals surface area contributed by atoms with Crippen LogP contribution in [0.15, 0.2) is 46.1 Å². The number of thiazole rings is 1. The third-order valence-corrected chi connectivity index (χ3v) is 7.82. The van der Waals surface area contributed by atoms with Gasteiger partial charge in [0, 0.05) is 22.8 Å². The molecule has 1 unspecified atom stereocenters. The van der Waals surface area contributed by atoms with Crippen LogP contribution in [0.2, 0.25) is 0 Å². The van der Waals surface area contributed by atoms with Crippen molar-refractivity contribution in [2.24, 2.45) is 10.6 Å². The second kappa shape index (κ2) is 12.1. The fourth-order valence-corrected chi connectivity index (χ4v) is 5.63. The van der Waals surface area contributed by atoms with Crippen molar-refractivity contribution in [2.75, 3.05) is 24.9 Å². The molecule has 0 radical (unpaired) electrons. The highest BCUT2D eigenvalue weighted by Crippen LogP contribution is 2.41. The maximum absolute atomic E-state index is 13.6. The Morgan fingerprint density at radius 3 is 2.68 bits per heavy atom. The first-order valence-electron chi connectivity index (χ1n) is 12.0. The number of hydrogen-bond acceptors (Lipinski definition) is 13. The zero-order valence-electron chi connectivity index (χ0n) is 22.1. The molecule has 2 amide bonds. The lowest BCUT2D eigenvalue weighted by Crippen LogP contribution is -2.71. The largest absolute Gasteiger partial charge is 0.489 e. The van der Waals surface area contributed by atoms with Crippen LogP contribution in [0.25, 0.3) is 0 Å². The van der Waals surface area contributed by atoms with E-state index in [0.29, 0.717) is 5.57 Å². The van der Waals surface area contributed by atoms with Gasteiger partial charge in [0.2, 0.25) is 6.79 Å². The number of nitrogens with two attached hydrogens (primary N) is 1. The molecule has 16 heteroatoms. The Labute approximate surface area is 241 Å². The molecule has 1 fully saturated rings. The molecular formula is C25H26FN5O8S2. The molecule has 0 aliphatic carbocycles. The SMILES string of the molecule is CC(C)(C)C(=O)OCOC(=O)C1=C(COc2cccc(F)c2)CS[C@H]2C(NC(=O)C(=NO)c3csc(N)n3)C(=O)N12. The quantitative estimate of drug-likeness (QED) is 0.0945. The number of β-lactam (4-membered cyclic amide) rings is 1. The maximum Gasteiger partial charge on any atom is 0.358 e. The number of aromatic nitrogens is 1. The number of hydrogen-bond donors (Lipinski definition) is 3. The Balaban J connectivity index is 1.52. The number of benzene rings is 1. The van der Waals surface area contributed by atoms with E-state index < -0.39 is 58.9 Å². The van der Waals surface area contributed by atoms with Crippen molar-refractivity contribution in [2.45, 2.75) is 32.2 Å². The van der Waals surface area contributed by atoms with Gasteiger partial charge in [-0.05, 0) is 32.9 Å². The van der Waals surface area contributed by atoms with E-state index in [-0.39, 0.29) is 34.6 Å². The molecule has 2 atom stereocenters. The van der Waals surface area contributed by atoms with E-state index in [1.807, 2.05) is 0 Å². The number of carbonyl (C=O) groups is 4. The van der Waals surface area contributed by atoms with Crippen LogP contribution in [0.1, 0.15) is 26.5 Å². The fourth-order valence-electron chi connectivity index (χ4n) is 3.75. The summed E-state index contributed by atoms with van der Waals surface area (Å²) >= 11 is 2.27. The molecule has 0 spiro atoms. The topological polar surface area (TPSA) is 183 Å². The van der Waals surface area contributed by atoms with E-state index in [1.165, 1.54) is 41.4 Å². The van der Waals surface area contributed by atoms with E-state index in [2.05, 4.69) is 15.5 Å². The molecular weight excluding hydrogens is 581 g/mol. The third kappa shape index (κ3) is 6.59. The molecule has 0 bridgehead atoms. The molecule has 0 saturated carbocycles. The number of oxime groups is 1. The number of esters is 2. The van der Waals surface area contributed by atoms with Crippen LogP contribution < -0.4 is 15.8 Å². The molecule has 4 rings (SSSR count). The summed E-state index contributed by atoms with van der Waals surface area (Å²) in [6, 6.07) is 4.33. The van der Waals surface area contributed by atoms with Gasteiger partial charge < -0.3 is 30.5 Å². The Morgan fingerprint density at radius 2 is 2.05 bits per heavy atom. The number of carbonyl (C=O) groups excluding carboxylic acids is 4. The van der Waals surface area contributed by atoms with Crippen molar-refractivity contribution in [3.63, 3.8) is 0 Å². The van der Waals surface area contributed by atoms with Gasteiger partial charge in [-0.15, -0.1) is 23.1 Å². The van der Waals surface area contributed by atoms with E-state index in [4.69, 9.17) is 19.9 Å². The number of thioether (sulfide) groups is 1. The van der Waals surface area contributed by atoms with Gasteiger partial charge in [0.25, 0.3) is 11.8 Å². The van der Waals surface area contributed by atoms with Crippen LogP contribution in [0.3, 0.4) is 0 Å². The zero-order valence-corrected chi connectivity index (χ0v) is 23.7. The zero-order chi connectivity index (χ0) is 29.9. The minimum atomic E-state index is -1.08. The molecule has 1 saturated heterocycles. The van der Waals surface area contributed by atoms with Crippen molar-refractivity contribution in [1.82, 2.24) is 15.2 Å². The predicted molar refractivity (Wildman–Crippen MR) is 145 cm³/mol. The van der Waals surface area contributed by atoms with Crippen LogP contribution in [0, 0.1) is 11.2 Å². The predicted octanol–water partition coefficient (Wildman–Crippen LogP) is 1.87. The smallest absolute Gasteiger partial charge is 0.358 e. The second-order valence-corrected chi connectivity index (χ2v) is 11.8. The lowest BCUT2D eigenvalue weighted by Gasteiger charge is -2.49. The van der Waals surface area contributed by atoms with Gasteiger partial charge in [-0.1, -0.05) is 11.2 Å². The van der Waals surface area contributed by atoms with Crippen molar-refractivity contribution >= 4 is 57.7 Å². The fraction of sp³-hybridized carbons (Fsp3) is 0.360. The molecule has 2 aliphatic heterocycles. The van der Waals surface area contributed by atoms with Crippen LogP contribution in [0.4, 0.5) is 9.52 Å². The molecule has 41 heavy (non-hydrogen) atoms. The summed E-state index contributed by atoms with van der Waals surface area (Å²) in [5.41, 5.74) is 4.56. The Bertz CT molecular complexity index is 1440. The average molecular weight is 608 g/mol. The number of nitrogen functional groups attached to an aromatic ring is 1. The number of ether oxygens (including phenoxy) is 3. The van der Waals surface area contributed by atoms with Gasteiger partial charge >= 0.3 is 11.9 Å². The van der Waals surface area contributed by atoms with Crippen molar-refractivity contribution in [1.29, 1.82) is 0 Å². The van der Waals surface area contributed by atoms with E-state index in [1.54, 1.807) is 20.8 Å². The molecule has 218 valence electrons. The molecule has 1 aromatic carbocycles. The average Bonchev–Trinajstić information content (AvgIpc) is 3.35. The van der Waals surface area contributed by atoms with Crippen molar-refractivity contribution < 1.29 is 43.0 Å². The first-order chi connectivity index (χ1) is 19.4. The van der Waals surface area contributed by atoms with Crippen molar-refractivity contribution in [3.05, 3.63) is 52.4 Å². The summed E-state index contributed by atoms with van der Waals surface area (Å²) in [5, 5.41) is 15.7. The van der Waals surface area contributed by atoms with Gasteiger partial charge in [-0.25, -0.2) is 14.2 Å². The number of amides is 2. The Morgan fingerprint density at radius 1 is 1.29 bits per heavy atom. The van der Waals surface area contributed by atoms with Crippen LogP contribution in [0.5, 0.6) is 5.75 Å². The monoisotopic (exact) mass is 607 g/mol. The summed E-state index contributed by atoms with van der Waals surface area (Å²) < 4.78 is 29.4. The Kier molecular flexibility index (Phi) is 8.82. The van der Waals surface area contributed by atoms with Crippen LogP contribution in [-0.2, 0) is 28.7 Å². The highest BCUT2D eigenvalue weighted by Gasteiger charge is 2.55. The number of fused-ring (bicyclic) bond motifs is 1. The molecule has 1 aromatic heterocycles. The highest BCUT2D eigenvalue weighted by molar-refractivity contribution is 8.00. The summed E-state index contributed by atoms with van der Waals surface area (Å²) in [6.45, 7) is 4.03. The summed E-state index contributed by atoms with van der Waals surface area (Å²) in [5.74, 6) is -3.20. The van der Waals surface area contributed by atoms with Gasteiger partial charge in [-0.3, -0.25) is 19.3 Å². The third-order valence-electron chi connectivity index (χ3n) is 5.81. The number of rotatable bonds is 9. The summed E-state index contributed by atoms with van der Waals surface area (Å²) in [6.07, 6.45) is 0. The van der Waals surface area contributed by atoms with E-state index in [9.17, 15) is 28.8 Å². The molecule has 2 aliphatic rings. The molecule has 13 nitrogen and oxygen atoms in total. The van der Waals surface area contributed by atoms with E-state index >= 15 is 0 Å². The second-order valence-electron chi connectivity index (χ2n) is 9.81. The maximum atomic E-state index is 13.6. The van der Waals surface area contributed by atoms with Gasteiger partial charge in [0.1, 0.15) is 41.0 Å². The number of nitrogens with one attached hydrogen (secondary N) is 1. The first-order valence-corrected chi connectivity index (χ1v) is 14.0. The minimum Gasteiger partial charge on any atom is -0.489 e. The summed E-state index contributed by atoms with van der Waals surface area (Å²) in [7, 11) is 0. The minimum absolute atomic E-state index is 0.0261. The molecule has 2 aromatic rings. The highest BCUT2D eigenvalue weighted by atomic mass is 32.2. The molecule has 3 heterocycles. The van der Waals surface area contributed by atoms with Gasteiger partial charge in [-0.2, -0.15) is 0 Å². The lowest BCUT2D eigenvalue weighted by atomic mass is 9.98. The molecule has 4 N–H and O–H groups in total. The number of nitrogens with zero attached hydrogens (tertiary/aromatic N) is 3. The lowest BCUT2D eigenvalue weighted by molar-refractivity contribution is -0.173. The normalized spacial score (nSPS) is 18.8. The number of halogens is 1.